The number of aryl methyl sites for hydroxylation is 2. The molecule has 108 valence electrons. The molecule has 1 rings (SSSR count). The van der Waals surface area contributed by atoms with E-state index in [1.54, 1.807) is 46.8 Å². The van der Waals surface area contributed by atoms with Crippen LogP contribution in [0.2, 0.25) is 0 Å². The van der Waals surface area contributed by atoms with Crippen molar-refractivity contribution in [3.63, 3.8) is 0 Å². The molecule has 0 spiro atoms. The van der Waals surface area contributed by atoms with Gasteiger partial charge >= 0.3 is 6.09 Å². The SMILES string of the molecule is Cc1cc(C#CCNC(=O)OC(C)(C)C)cc(C)c1F. The number of carbonyl (C=O) groups is 1. The molecular formula is C16H20FNO2. The van der Waals surface area contributed by atoms with Gasteiger partial charge in [0, 0.05) is 5.56 Å². The molecule has 0 bridgehead atoms. The Labute approximate surface area is 119 Å². The average Bonchev–Trinajstić information content (AvgIpc) is 2.29. The number of alkyl carbamates (subject to hydrolysis) is 1. The summed E-state index contributed by atoms with van der Waals surface area (Å²) < 4.78 is 18.5. The summed E-state index contributed by atoms with van der Waals surface area (Å²) in [4.78, 5) is 11.4. The van der Waals surface area contributed by atoms with Crippen molar-refractivity contribution in [3.05, 3.63) is 34.6 Å². The van der Waals surface area contributed by atoms with Crippen LogP contribution >= 0.6 is 0 Å². The first-order valence-corrected chi connectivity index (χ1v) is 6.41. The second-order valence-electron chi connectivity index (χ2n) is 5.58. The molecule has 0 radical (unpaired) electrons. The van der Waals surface area contributed by atoms with E-state index in [-0.39, 0.29) is 12.4 Å². The standard InChI is InChI=1S/C16H20FNO2/c1-11-9-13(10-12(2)14(11)17)7-6-8-18-15(19)20-16(3,4)5/h9-10H,8H2,1-5H3,(H,18,19). The van der Waals surface area contributed by atoms with Crippen LogP contribution in [0.15, 0.2) is 12.1 Å². The third-order valence-electron chi connectivity index (χ3n) is 2.39. The minimum Gasteiger partial charge on any atom is -0.444 e. The molecule has 0 heterocycles. The lowest BCUT2D eigenvalue weighted by atomic mass is 10.1. The highest BCUT2D eigenvalue weighted by molar-refractivity contribution is 5.68. The summed E-state index contributed by atoms with van der Waals surface area (Å²) in [6.07, 6.45) is -0.502. The third-order valence-corrected chi connectivity index (χ3v) is 2.39. The number of carbonyl (C=O) groups excluding carboxylic acids is 1. The van der Waals surface area contributed by atoms with E-state index >= 15 is 0 Å². The summed E-state index contributed by atoms with van der Waals surface area (Å²) in [6.45, 7) is 8.97. The number of rotatable bonds is 1. The molecule has 0 saturated heterocycles. The van der Waals surface area contributed by atoms with E-state index in [0.29, 0.717) is 11.1 Å². The summed E-state index contributed by atoms with van der Waals surface area (Å²) in [5, 5.41) is 2.54. The Balaban J connectivity index is 2.58. The van der Waals surface area contributed by atoms with Crippen LogP contribution in [0.25, 0.3) is 0 Å². The van der Waals surface area contributed by atoms with Crippen LogP contribution in [0, 0.1) is 31.5 Å². The smallest absolute Gasteiger partial charge is 0.408 e. The summed E-state index contributed by atoms with van der Waals surface area (Å²) in [5.74, 6) is 5.49. The van der Waals surface area contributed by atoms with E-state index in [9.17, 15) is 9.18 Å². The van der Waals surface area contributed by atoms with Crippen LogP contribution in [0.3, 0.4) is 0 Å². The summed E-state index contributed by atoms with van der Waals surface area (Å²) >= 11 is 0. The molecule has 0 saturated carbocycles. The Morgan fingerprint density at radius 3 is 2.35 bits per heavy atom. The molecular weight excluding hydrogens is 257 g/mol. The molecule has 1 N–H and O–H groups in total. The molecule has 1 amide bonds. The van der Waals surface area contributed by atoms with Gasteiger partial charge in [0.05, 0.1) is 6.54 Å². The Morgan fingerprint density at radius 1 is 1.30 bits per heavy atom. The summed E-state index contributed by atoms with van der Waals surface area (Å²) in [7, 11) is 0. The number of halogens is 1. The largest absolute Gasteiger partial charge is 0.444 e. The second kappa shape index (κ2) is 6.42. The fourth-order valence-corrected chi connectivity index (χ4v) is 1.59. The Bertz CT molecular complexity index is 539. The predicted octanol–water partition coefficient (Wildman–Crippen LogP) is 3.32. The number of benzene rings is 1. The van der Waals surface area contributed by atoms with Gasteiger partial charge in [-0.3, -0.25) is 0 Å². The van der Waals surface area contributed by atoms with Gasteiger partial charge < -0.3 is 10.1 Å². The minimum atomic E-state index is -0.525. The molecule has 0 unspecified atom stereocenters. The monoisotopic (exact) mass is 277 g/mol. The molecule has 4 heteroatoms. The fourth-order valence-electron chi connectivity index (χ4n) is 1.59. The van der Waals surface area contributed by atoms with Crippen molar-refractivity contribution in [2.75, 3.05) is 6.54 Å². The van der Waals surface area contributed by atoms with E-state index in [2.05, 4.69) is 17.2 Å². The van der Waals surface area contributed by atoms with Gasteiger partial charge in [-0.05, 0) is 57.9 Å². The minimum absolute atomic E-state index is 0.185. The van der Waals surface area contributed by atoms with Crippen LogP contribution in [0.5, 0.6) is 0 Å². The van der Waals surface area contributed by atoms with Gasteiger partial charge in [0.15, 0.2) is 0 Å². The number of hydrogen-bond acceptors (Lipinski definition) is 2. The molecule has 0 aliphatic carbocycles. The number of nitrogens with one attached hydrogen (secondary N) is 1. The molecule has 20 heavy (non-hydrogen) atoms. The van der Waals surface area contributed by atoms with Crippen molar-refractivity contribution >= 4 is 6.09 Å². The van der Waals surface area contributed by atoms with Gasteiger partial charge in [0.1, 0.15) is 11.4 Å². The molecule has 1 aromatic carbocycles. The maximum Gasteiger partial charge on any atom is 0.408 e. The lowest BCUT2D eigenvalue weighted by Gasteiger charge is -2.19. The lowest BCUT2D eigenvalue weighted by molar-refractivity contribution is 0.0535. The summed E-state index contributed by atoms with van der Waals surface area (Å²) in [6, 6.07) is 3.37. The molecule has 1 aromatic rings. The van der Waals surface area contributed by atoms with Crippen LogP contribution < -0.4 is 5.32 Å². The first-order valence-electron chi connectivity index (χ1n) is 6.41. The fraction of sp³-hybridized carbons (Fsp3) is 0.438. The van der Waals surface area contributed by atoms with Gasteiger partial charge in [-0.25, -0.2) is 9.18 Å². The van der Waals surface area contributed by atoms with E-state index in [1.807, 2.05) is 0 Å². The highest BCUT2D eigenvalue weighted by Gasteiger charge is 2.14. The molecule has 3 nitrogen and oxygen atoms in total. The number of ether oxygens (including phenoxy) is 1. The Hall–Kier alpha value is -2.02. The lowest BCUT2D eigenvalue weighted by Crippen LogP contribution is -2.32. The topological polar surface area (TPSA) is 38.3 Å². The molecule has 0 aromatic heterocycles. The Kier molecular flexibility index (Phi) is 5.15. The number of hydrogen-bond donors (Lipinski definition) is 1. The molecule has 0 aliphatic rings. The van der Waals surface area contributed by atoms with Crippen molar-refractivity contribution in [3.8, 4) is 11.8 Å². The zero-order valence-corrected chi connectivity index (χ0v) is 12.6. The van der Waals surface area contributed by atoms with Crippen LogP contribution in [0.4, 0.5) is 9.18 Å². The van der Waals surface area contributed by atoms with Gasteiger partial charge in [0.2, 0.25) is 0 Å². The first kappa shape index (κ1) is 16.0. The van der Waals surface area contributed by atoms with Crippen molar-refractivity contribution in [2.24, 2.45) is 0 Å². The van der Waals surface area contributed by atoms with Gasteiger partial charge in [0.25, 0.3) is 0 Å². The Morgan fingerprint density at radius 2 is 1.85 bits per heavy atom. The quantitative estimate of drug-likeness (QED) is 0.800. The van der Waals surface area contributed by atoms with Crippen LogP contribution in [0.1, 0.15) is 37.5 Å². The highest BCUT2D eigenvalue weighted by atomic mass is 19.1. The first-order chi connectivity index (χ1) is 9.19. The van der Waals surface area contributed by atoms with E-state index < -0.39 is 11.7 Å². The van der Waals surface area contributed by atoms with E-state index in [0.717, 1.165) is 5.56 Å². The van der Waals surface area contributed by atoms with Gasteiger partial charge in [-0.2, -0.15) is 0 Å². The van der Waals surface area contributed by atoms with Crippen molar-refractivity contribution in [1.82, 2.24) is 5.32 Å². The third kappa shape index (κ3) is 5.31. The van der Waals surface area contributed by atoms with Gasteiger partial charge in [-0.15, -0.1) is 0 Å². The van der Waals surface area contributed by atoms with Crippen LogP contribution in [-0.2, 0) is 4.74 Å². The zero-order chi connectivity index (χ0) is 15.3. The van der Waals surface area contributed by atoms with Crippen molar-refractivity contribution in [1.29, 1.82) is 0 Å². The van der Waals surface area contributed by atoms with Crippen LogP contribution in [-0.4, -0.2) is 18.2 Å². The van der Waals surface area contributed by atoms with Gasteiger partial charge in [-0.1, -0.05) is 11.8 Å². The maximum atomic E-state index is 13.4. The molecule has 0 fully saturated rings. The maximum absolute atomic E-state index is 13.4. The summed E-state index contributed by atoms with van der Waals surface area (Å²) in [5.41, 5.74) is 1.33. The average molecular weight is 277 g/mol. The molecule has 0 atom stereocenters. The van der Waals surface area contributed by atoms with Crippen molar-refractivity contribution < 1.29 is 13.9 Å². The zero-order valence-electron chi connectivity index (χ0n) is 12.6. The van der Waals surface area contributed by atoms with Crippen molar-refractivity contribution in [2.45, 2.75) is 40.2 Å². The second-order valence-corrected chi connectivity index (χ2v) is 5.58. The normalized spacial score (nSPS) is 10.5. The predicted molar refractivity (Wildman–Crippen MR) is 77.0 cm³/mol. The number of amides is 1. The van der Waals surface area contributed by atoms with E-state index in [4.69, 9.17) is 4.74 Å². The highest BCUT2D eigenvalue weighted by Crippen LogP contribution is 2.13. The molecule has 0 aliphatic heterocycles. The van der Waals surface area contributed by atoms with E-state index in [1.165, 1.54) is 0 Å².